The molecule has 32 heavy (non-hydrogen) atoms. The third-order valence-corrected chi connectivity index (χ3v) is 5.70. The first-order valence-corrected chi connectivity index (χ1v) is 10.4. The lowest BCUT2D eigenvalue weighted by atomic mass is 10.1. The van der Waals surface area contributed by atoms with Crippen LogP contribution in [0.3, 0.4) is 0 Å². The summed E-state index contributed by atoms with van der Waals surface area (Å²) in [4.78, 5) is 13.1. The molecule has 0 saturated carbocycles. The van der Waals surface area contributed by atoms with Crippen molar-refractivity contribution in [1.82, 2.24) is 9.97 Å². The molecule has 0 atom stereocenters. The zero-order valence-electron chi connectivity index (χ0n) is 18.0. The van der Waals surface area contributed by atoms with Crippen molar-refractivity contribution in [2.24, 2.45) is 10.7 Å². The van der Waals surface area contributed by atoms with Crippen LogP contribution in [0.5, 0.6) is 17.4 Å². The van der Waals surface area contributed by atoms with Crippen molar-refractivity contribution in [2.45, 2.75) is 25.4 Å². The first-order chi connectivity index (χ1) is 15.6. The van der Waals surface area contributed by atoms with Gasteiger partial charge in [-0.15, -0.1) is 9.98 Å². The number of benzene rings is 2. The number of aliphatic imine (C=N–C) groups is 1. The van der Waals surface area contributed by atoms with Gasteiger partial charge in [-0.2, -0.15) is 9.56 Å². The van der Waals surface area contributed by atoms with E-state index in [0.29, 0.717) is 35.6 Å². The van der Waals surface area contributed by atoms with E-state index in [4.69, 9.17) is 19.9 Å². The summed E-state index contributed by atoms with van der Waals surface area (Å²) in [5.41, 5.74) is 9.76. The number of ether oxygens (including phenoxy) is 3. The summed E-state index contributed by atoms with van der Waals surface area (Å²) in [6.45, 7) is 0. The van der Waals surface area contributed by atoms with Gasteiger partial charge in [-0.25, -0.2) is 0 Å². The van der Waals surface area contributed by atoms with E-state index in [-0.39, 0.29) is 6.10 Å². The number of rotatable bonds is 7. The monoisotopic (exact) mass is 430 g/mol. The second-order valence-corrected chi connectivity index (χ2v) is 7.72. The van der Waals surface area contributed by atoms with Gasteiger partial charge in [-0.05, 0) is 28.8 Å². The number of nitrogens with zero attached hydrogens (tertiary/aromatic N) is 4. The minimum absolute atomic E-state index is 0.0627. The maximum Gasteiger partial charge on any atom is 0.325 e. The smallest absolute Gasteiger partial charge is 0.325 e. The molecule has 0 fully saturated rings. The Hall–Kier alpha value is -3.94. The van der Waals surface area contributed by atoms with Crippen molar-refractivity contribution in [3.05, 3.63) is 71.5 Å². The standard InChI is InChI=1S/C24H23N5O3/c1-30-19-8-7-15(9-20(19)31-2)10-22-28-24(25)29(22)21-13-23(27-14-26-21)32-18-11-16-5-3-4-6-17(16)12-18/h3-9,13-14,18,25H,10-12H2,1-2H3/p+1. The molecular weight excluding hydrogens is 406 g/mol. The van der Waals surface area contributed by atoms with E-state index < -0.39 is 0 Å². The van der Waals surface area contributed by atoms with Crippen LogP contribution < -0.4 is 19.9 Å². The number of aromatic nitrogens is 2. The zero-order valence-corrected chi connectivity index (χ0v) is 18.0. The molecule has 1 aliphatic carbocycles. The van der Waals surface area contributed by atoms with Gasteiger partial charge in [0.1, 0.15) is 6.10 Å². The highest BCUT2D eigenvalue weighted by atomic mass is 16.5. The quantitative estimate of drug-likeness (QED) is 0.579. The SMILES string of the molecule is COc1ccc(CC2=[N+](c3cc(OC4Cc5ccccc5C4)ncn3)C(N)=N2)cc1OC. The van der Waals surface area contributed by atoms with E-state index in [1.54, 1.807) is 20.3 Å². The lowest BCUT2D eigenvalue weighted by molar-refractivity contribution is -0.330. The molecule has 1 aliphatic heterocycles. The number of hydrogen-bond acceptors (Lipinski definition) is 7. The first kappa shape index (κ1) is 20.0. The molecule has 8 nitrogen and oxygen atoms in total. The summed E-state index contributed by atoms with van der Waals surface area (Å²) in [6.07, 6.45) is 3.87. The van der Waals surface area contributed by atoms with E-state index >= 15 is 0 Å². The third-order valence-electron chi connectivity index (χ3n) is 5.70. The van der Waals surface area contributed by atoms with Crippen LogP contribution in [0.15, 0.2) is 59.9 Å². The largest absolute Gasteiger partial charge is 0.493 e. The molecule has 0 unspecified atom stereocenters. The minimum Gasteiger partial charge on any atom is -0.493 e. The van der Waals surface area contributed by atoms with Crippen LogP contribution in [0.1, 0.15) is 16.7 Å². The molecule has 0 bridgehead atoms. The average Bonchev–Trinajstić information content (AvgIpc) is 3.21. The van der Waals surface area contributed by atoms with E-state index in [1.807, 2.05) is 22.8 Å². The number of amidine groups is 1. The topological polar surface area (TPSA) is 94.9 Å². The average molecular weight is 430 g/mol. The zero-order chi connectivity index (χ0) is 22.1. The Labute approximate surface area is 186 Å². The molecular formula is C24H24N5O3+. The number of fused-ring (bicyclic) bond motifs is 1. The van der Waals surface area contributed by atoms with Crippen LogP contribution >= 0.6 is 0 Å². The summed E-state index contributed by atoms with van der Waals surface area (Å²) in [5, 5.41) is 0. The number of guanidine groups is 1. The Balaban J connectivity index is 1.34. The normalized spacial score (nSPS) is 15.1. The Morgan fingerprint density at radius 2 is 1.72 bits per heavy atom. The van der Waals surface area contributed by atoms with Gasteiger partial charge in [-0.3, -0.25) is 0 Å². The molecule has 0 radical (unpaired) electrons. The van der Waals surface area contributed by atoms with Crippen molar-refractivity contribution in [3.63, 3.8) is 0 Å². The van der Waals surface area contributed by atoms with Gasteiger partial charge in [0.05, 0.1) is 26.7 Å². The molecule has 1 aromatic heterocycles. The molecule has 5 rings (SSSR count). The molecule has 0 spiro atoms. The molecule has 2 aliphatic rings. The van der Waals surface area contributed by atoms with Crippen LogP contribution in [0, 0.1) is 0 Å². The van der Waals surface area contributed by atoms with Crippen molar-refractivity contribution in [2.75, 3.05) is 14.2 Å². The predicted molar refractivity (Wildman–Crippen MR) is 120 cm³/mol. The summed E-state index contributed by atoms with van der Waals surface area (Å²) in [7, 11) is 3.23. The van der Waals surface area contributed by atoms with Crippen molar-refractivity contribution < 1.29 is 18.8 Å². The van der Waals surface area contributed by atoms with Gasteiger partial charge >= 0.3 is 5.96 Å². The Bertz CT molecular complexity index is 1210. The minimum atomic E-state index is 0.0627. The summed E-state index contributed by atoms with van der Waals surface area (Å²) in [5.74, 6) is 3.68. The molecule has 162 valence electrons. The Morgan fingerprint density at radius 1 is 0.969 bits per heavy atom. The van der Waals surface area contributed by atoms with Crippen LogP contribution in [0.2, 0.25) is 0 Å². The van der Waals surface area contributed by atoms with Gasteiger partial charge in [0, 0.05) is 12.8 Å². The molecule has 2 aromatic carbocycles. The second-order valence-electron chi connectivity index (χ2n) is 7.72. The highest BCUT2D eigenvalue weighted by Crippen LogP contribution is 2.29. The molecule has 0 saturated heterocycles. The van der Waals surface area contributed by atoms with Gasteiger partial charge in [-0.1, -0.05) is 30.3 Å². The van der Waals surface area contributed by atoms with E-state index in [0.717, 1.165) is 24.2 Å². The third kappa shape index (κ3) is 3.75. The molecule has 3 aromatic rings. The summed E-state index contributed by atoms with van der Waals surface area (Å²) >= 11 is 0. The maximum absolute atomic E-state index is 6.16. The van der Waals surface area contributed by atoms with Crippen molar-refractivity contribution in [3.8, 4) is 17.4 Å². The highest BCUT2D eigenvalue weighted by molar-refractivity contribution is 6.01. The number of nitrogens with two attached hydrogens (primary N) is 1. The fourth-order valence-electron chi connectivity index (χ4n) is 4.15. The Kier molecular flexibility index (Phi) is 5.18. The second kappa shape index (κ2) is 8.30. The van der Waals surface area contributed by atoms with Crippen LogP contribution in [-0.4, -0.2) is 46.7 Å². The van der Waals surface area contributed by atoms with Crippen LogP contribution in [-0.2, 0) is 19.3 Å². The molecule has 0 amide bonds. The molecule has 8 heteroatoms. The number of methoxy groups -OCH3 is 2. The summed E-state index contributed by atoms with van der Waals surface area (Å²) < 4.78 is 18.7. The first-order valence-electron chi connectivity index (χ1n) is 10.4. The van der Waals surface area contributed by atoms with Crippen LogP contribution in [0.4, 0.5) is 5.82 Å². The molecule has 2 N–H and O–H groups in total. The van der Waals surface area contributed by atoms with Crippen molar-refractivity contribution >= 4 is 17.6 Å². The lowest BCUT2D eigenvalue weighted by Gasteiger charge is -2.18. The van der Waals surface area contributed by atoms with E-state index in [1.165, 1.54) is 17.5 Å². The summed E-state index contributed by atoms with van der Waals surface area (Å²) in [6, 6.07) is 16.0. The van der Waals surface area contributed by atoms with Crippen molar-refractivity contribution in [1.29, 1.82) is 0 Å². The maximum atomic E-state index is 6.16. The molecule has 2 heterocycles. The van der Waals surface area contributed by atoms with E-state index in [2.05, 4.69) is 39.2 Å². The predicted octanol–water partition coefficient (Wildman–Crippen LogP) is 2.65. The van der Waals surface area contributed by atoms with E-state index in [9.17, 15) is 0 Å². The fourth-order valence-corrected chi connectivity index (χ4v) is 4.15. The Morgan fingerprint density at radius 3 is 2.41 bits per heavy atom. The van der Waals surface area contributed by atoms with Gasteiger partial charge in [0.2, 0.25) is 17.5 Å². The fraction of sp³-hybridized carbons (Fsp3) is 0.250. The number of hydrogen-bond donors (Lipinski definition) is 1. The van der Waals surface area contributed by atoms with Gasteiger partial charge in [0.15, 0.2) is 17.8 Å². The highest BCUT2D eigenvalue weighted by Gasteiger charge is 2.29. The van der Waals surface area contributed by atoms with Crippen LogP contribution in [0.25, 0.3) is 0 Å². The van der Waals surface area contributed by atoms with Gasteiger partial charge < -0.3 is 19.9 Å². The van der Waals surface area contributed by atoms with Gasteiger partial charge in [0.25, 0.3) is 0 Å². The lowest BCUT2D eigenvalue weighted by Crippen LogP contribution is -2.40.